The number of hydrogen-bond donors (Lipinski definition) is 1. The summed E-state index contributed by atoms with van der Waals surface area (Å²) in [6, 6.07) is 8.99. The minimum atomic E-state index is -0.113. The molecule has 1 aromatic heterocycles. The van der Waals surface area contributed by atoms with E-state index >= 15 is 0 Å². The molecule has 1 aromatic carbocycles. The van der Waals surface area contributed by atoms with E-state index in [-0.39, 0.29) is 12.0 Å². The van der Waals surface area contributed by atoms with Gasteiger partial charge in [-0.2, -0.15) is 4.98 Å². The molecule has 2 aromatic rings. The number of rotatable bonds is 6. The van der Waals surface area contributed by atoms with Crippen LogP contribution in [0.25, 0.3) is 0 Å². The van der Waals surface area contributed by atoms with E-state index in [1.54, 1.807) is 0 Å². The Hall–Kier alpha value is -1.72. The third-order valence-corrected chi connectivity index (χ3v) is 4.62. The predicted octanol–water partition coefficient (Wildman–Crippen LogP) is 3.24. The molecule has 0 aliphatic heterocycles. The molecule has 1 aliphatic rings. The molecule has 130 valence electrons. The van der Waals surface area contributed by atoms with Crippen LogP contribution in [-0.2, 0) is 18.4 Å². The highest BCUT2D eigenvalue weighted by Crippen LogP contribution is 2.36. The molecule has 1 aliphatic carbocycles. The predicted molar refractivity (Wildman–Crippen MR) is 92.6 cm³/mol. The second kappa shape index (κ2) is 7.03. The van der Waals surface area contributed by atoms with Crippen LogP contribution in [0.5, 0.6) is 0 Å². The maximum absolute atomic E-state index is 9.25. The number of benzene rings is 1. The Bertz CT molecular complexity index is 675. The zero-order chi connectivity index (χ0) is 17.2. The smallest absolute Gasteiger partial charge is 0.240 e. The van der Waals surface area contributed by atoms with Crippen molar-refractivity contribution in [3.05, 3.63) is 47.1 Å². The highest BCUT2D eigenvalue weighted by molar-refractivity contribution is 5.34. The van der Waals surface area contributed by atoms with E-state index in [2.05, 4.69) is 60.1 Å². The Morgan fingerprint density at radius 2 is 2.08 bits per heavy atom. The van der Waals surface area contributed by atoms with Crippen LogP contribution in [0.3, 0.4) is 0 Å². The van der Waals surface area contributed by atoms with Crippen LogP contribution in [0.15, 0.2) is 28.8 Å². The van der Waals surface area contributed by atoms with Gasteiger partial charge in [-0.25, -0.2) is 0 Å². The first-order valence-corrected chi connectivity index (χ1v) is 8.75. The summed E-state index contributed by atoms with van der Waals surface area (Å²) < 4.78 is 5.48. The molecule has 1 N–H and O–H groups in total. The summed E-state index contributed by atoms with van der Waals surface area (Å²) in [5.41, 5.74) is 2.71. The lowest BCUT2D eigenvalue weighted by Gasteiger charge is -2.28. The largest absolute Gasteiger partial charge is 0.396 e. The van der Waals surface area contributed by atoms with Crippen molar-refractivity contribution >= 4 is 0 Å². The van der Waals surface area contributed by atoms with Gasteiger partial charge in [-0.1, -0.05) is 50.2 Å². The lowest BCUT2D eigenvalue weighted by molar-refractivity contribution is 0.147. The Morgan fingerprint density at radius 3 is 2.79 bits per heavy atom. The fourth-order valence-corrected chi connectivity index (χ4v) is 3.33. The number of aryl methyl sites for hydroxylation is 1. The van der Waals surface area contributed by atoms with Crippen LogP contribution in [0, 0.1) is 0 Å². The number of aliphatic hydroxyl groups excluding tert-OH is 1. The average molecular weight is 329 g/mol. The van der Waals surface area contributed by atoms with Gasteiger partial charge in [0.2, 0.25) is 5.89 Å². The van der Waals surface area contributed by atoms with E-state index in [1.807, 2.05) is 0 Å². The van der Waals surface area contributed by atoms with Gasteiger partial charge in [-0.15, -0.1) is 0 Å². The zero-order valence-corrected chi connectivity index (χ0v) is 14.8. The Kier molecular flexibility index (Phi) is 5.01. The monoisotopic (exact) mass is 329 g/mol. The van der Waals surface area contributed by atoms with Gasteiger partial charge in [0.1, 0.15) is 0 Å². The van der Waals surface area contributed by atoms with E-state index in [0.717, 1.165) is 31.6 Å². The number of fused-ring (bicyclic) bond motifs is 1. The molecular formula is C19H27N3O2. The molecular weight excluding hydrogens is 302 g/mol. The molecule has 0 unspecified atom stereocenters. The summed E-state index contributed by atoms with van der Waals surface area (Å²) >= 11 is 0. The van der Waals surface area contributed by atoms with Gasteiger partial charge in [0.15, 0.2) is 5.82 Å². The van der Waals surface area contributed by atoms with Crippen LogP contribution in [0.1, 0.15) is 62.5 Å². The van der Waals surface area contributed by atoms with Crippen molar-refractivity contribution in [2.45, 2.75) is 58.0 Å². The summed E-state index contributed by atoms with van der Waals surface area (Å²) in [5.74, 6) is 1.40. The van der Waals surface area contributed by atoms with Crippen molar-refractivity contribution < 1.29 is 9.63 Å². The summed E-state index contributed by atoms with van der Waals surface area (Å²) in [5, 5.41) is 13.4. The molecule has 24 heavy (non-hydrogen) atoms. The summed E-state index contributed by atoms with van der Waals surface area (Å²) in [6.45, 7) is 7.89. The highest BCUT2D eigenvalue weighted by Gasteiger charge is 2.29. The lowest BCUT2D eigenvalue weighted by atomic mass is 9.96. The van der Waals surface area contributed by atoms with Gasteiger partial charge in [0.05, 0.1) is 6.54 Å². The molecule has 1 atom stereocenters. The first-order valence-electron chi connectivity index (χ1n) is 8.75. The van der Waals surface area contributed by atoms with E-state index < -0.39 is 0 Å². The second-order valence-corrected chi connectivity index (χ2v) is 7.56. The molecule has 0 spiro atoms. The minimum absolute atomic E-state index is 0.113. The SMILES string of the molecule is CC(C)(C)c1noc(CN(CCCO)[C@@H]2CCc3ccccc32)n1. The number of aromatic nitrogens is 2. The van der Waals surface area contributed by atoms with Crippen molar-refractivity contribution in [3.8, 4) is 0 Å². The van der Waals surface area contributed by atoms with Crippen LogP contribution in [0.4, 0.5) is 0 Å². The molecule has 0 fully saturated rings. The number of nitrogens with zero attached hydrogens (tertiary/aromatic N) is 3. The molecule has 0 bridgehead atoms. The third kappa shape index (κ3) is 3.68. The molecule has 0 radical (unpaired) electrons. The van der Waals surface area contributed by atoms with Crippen LogP contribution in [0.2, 0.25) is 0 Å². The molecule has 5 nitrogen and oxygen atoms in total. The fourth-order valence-electron chi connectivity index (χ4n) is 3.33. The Balaban J connectivity index is 1.79. The van der Waals surface area contributed by atoms with Crippen molar-refractivity contribution in [2.75, 3.05) is 13.2 Å². The summed E-state index contributed by atoms with van der Waals surface area (Å²) in [7, 11) is 0. The van der Waals surface area contributed by atoms with Crippen LogP contribution >= 0.6 is 0 Å². The molecule has 0 saturated heterocycles. The first-order chi connectivity index (χ1) is 11.5. The fraction of sp³-hybridized carbons (Fsp3) is 0.579. The standard InChI is InChI=1S/C19H27N3O2/c1-19(2,3)18-20-17(24-21-18)13-22(11-6-12-23)16-10-9-14-7-4-5-8-15(14)16/h4-5,7-8,16,23H,6,9-13H2,1-3H3/t16-/m1/s1. The third-order valence-electron chi connectivity index (χ3n) is 4.62. The van der Waals surface area contributed by atoms with Gasteiger partial charge in [0.25, 0.3) is 0 Å². The quantitative estimate of drug-likeness (QED) is 0.881. The second-order valence-electron chi connectivity index (χ2n) is 7.56. The zero-order valence-electron chi connectivity index (χ0n) is 14.8. The van der Waals surface area contributed by atoms with Crippen LogP contribution in [-0.4, -0.2) is 33.3 Å². The van der Waals surface area contributed by atoms with Gasteiger partial charge >= 0.3 is 0 Å². The van der Waals surface area contributed by atoms with Crippen molar-refractivity contribution in [3.63, 3.8) is 0 Å². The van der Waals surface area contributed by atoms with Gasteiger partial charge < -0.3 is 9.63 Å². The number of hydrogen-bond acceptors (Lipinski definition) is 5. The van der Waals surface area contributed by atoms with E-state index in [9.17, 15) is 5.11 Å². The van der Waals surface area contributed by atoms with Crippen molar-refractivity contribution in [2.24, 2.45) is 0 Å². The average Bonchev–Trinajstić information content (AvgIpc) is 3.18. The summed E-state index contributed by atoms with van der Waals surface area (Å²) in [6.07, 6.45) is 2.96. The van der Waals surface area contributed by atoms with Gasteiger partial charge in [-0.3, -0.25) is 4.90 Å². The van der Waals surface area contributed by atoms with E-state index in [4.69, 9.17) is 4.52 Å². The Morgan fingerprint density at radius 1 is 1.29 bits per heavy atom. The minimum Gasteiger partial charge on any atom is -0.396 e. The van der Waals surface area contributed by atoms with Gasteiger partial charge in [0, 0.05) is 24.6 Å². The molecule has 0 saturated carbocycles. The molecule has 3 rings (SSSR count). The maximum Gasteiger partial charge on any atom is 0.240 e. The highest BCUT2D eigenvalue weighted by atomic mass is 16.5. The molecule has 5 heteroatoms. The van der Waals surface area contributed by atoms with Crippen LogP contribution < -0.4 is 0 Å². The maximum atomic E-state index is 9.25. The van der Waals surface area contributed by atoms with Gasteiger partial charge in [-0.05, 0) is 30.4 Å². The molecule has 1 heterocycles. The van der Waals surface area contributed by atoms with Crippen molar-refractivity contribution in [1.82, 2.24) is 15.0 Å². The number of aliphatic hydroxyl groups is 1. The lowest BCUT2D eigenvalue weighted by Crippen LogP contribution is -2.29. The summed E-state index contributed by atoms with van der Waals surface area (Å²) in [4.78, 5) is 6.94. The van der Waals surface area contributed by atoms with E-state index in [0.29, 0.717) is 18.5 Å². The molecule has 0 amide bonds. The normalized spacial score (nSPS) is 17.5. The topological polar surface area (TPSA) is 62.4 Å². The Labute approximate surface area is 143 Å². The van der Waals surface area contributed by atoms with Crippen molar-refractivity contribution in [1.29, 1.82) is 0 Å². The van der Waals surface area contributed by atoms with E-state index in [1.165, 1.54) is 11.1 Å². The first kappa shape index (κ1) is 17.1.